The van der Waals surface area contributed by atoms with E-state index >= 15 is 0 Å². The summed E-state index contributed by atoms with van der Waals surface area (Å²) in [5, 5.41) is -0.190. The van der Waals surface area contributed by atoms with Gasteiger partial charge in [-0.1, -0.05) is 54.6 Å². The lowest BCUT2D eigenvalue weighted by Gasteiger charge is -2.24. The monoisotopic (exact) mass is 551 g/mol. The Morgan fingerprint density at radius 2 is 1.74 bits per heavy atom. The van der Waals surface area contributed by atoms with Gasteiger partial charge in [0, 0.05) is 24.8 Å². The predicted molar refractivity (Wildman–Crippen MR) is 145 cm³/mol. The van der Waals surface area contributed by atoms with Crippen LogP contribution in [0.2, 0.25) is 0 Å². The number of carbonyl (C=O) groups is 1. The van der Waals surface area contributed by atoms with Crippen molar-refractivity contribution in [3.63, 3.8) is 0 Å². The zero-order valence-corrected chi connectivity index (χ0v) is 22.6. The van der Waals surface area contributed by atoms with Crippen LogP contribution in [-0.2, 0) is 33.4 Å². The highest BCUT2D eigenvalue weighted by Crippen LogP contribution is 2.23. The third-order valence-corrected chi connectivity index (χ3v) is 7.76. The molecule has 4 rings (SSSR count). The zero-order chi connectivity index (χ0) is 27.8. The summed E-state index contributed by atoms with van der Waals surface area (Å²) in [4.78, 5) is 19.3. The smallest absolute Gasteiger partial charge is 0.254 e. The van der Waals surface area contributed by atoms with Crippen LogP contribution in [0.5, 0.6) is 5.75 Å². The highest BCUT2D eigenvalue weighted by atomic mass is 32.2. The minimum atomic E-state index is -4.03. The molecule has 4 aromatic rings. The number of methoxy groups -OCH3 is 2. The molecule has 1 aromatic heterocycles. The Kier molecular flexibility index (Phi) is 9.11. The molecule has 0 atom stereocenters. The number of hydrogen-bond donors (Lipinski definition) is 0. The van der Waals surface area contributed by atoms with E-state index in [-0.39, 0.29) is 42.9 Å². The van der Waals surface area contributed by atoms with Gasteiger partial charge in [0.05, 0.1) is 44.4 Å². The number of aromatic nitrogens is 2. The molecule has 0 spiro atoms. The summed E-state index contributed by atoms with van der Waals surface area (Å²) >= 11 is 0. The van der Waals surface area contributed by atoms with E-state index in [1.807, 2.05) is 30.3 Å². The molecule has 3 aromatic carbocycles. The Balaban J connectivity index is 1.72. The van der Waals surface area contributed by atoms with E-state index in [9.17, 15) is 17.6 Å². The fraction of sp³-hybridized carbons (Fsp3) is 0.241. The molecule has 1 amide bonds. The summed E-state index contributed by atoms with van der Waals surface area (Å²) in [6.07, 6.45) is 1.45. The first-order valence-corrected chi connectivity index (χ1v) is 13.9. The maximum Gasteiger partial charge on any atom is 0.254 e. The summed E-state index contributed by atoms with van der Waals surface area (Å²) < 4.78 is 53.4. The first kappa shape index (κ1) is 28.0. The second-order valence-electron chi connectivity index (χ2n) is 8.91. The minimum absolute atomic E-state index is 0.0586. The molecule has 0 radical (unpaired) electrons. The Morgan fingerprint density at radius 1 is 1.00 bits per heavy atom. The van der Waals surface area contributed by atoms with E-state index in [1.54, 1.807) is 46.9 Å². The second kappa shape index (κ2) is 12.7. The molecular formula is C29H30FN3O5S. The lowest BCUT2D eigenvalue weighted by molar-refractivity contribution is 0.0675. The van der Waals surface area contributed by atoms with Crippen molar-refractivity contribution < 1.29 is 27.1 Å². The van der Waals surface area contributed by atoms with Crippen molar-refractivity contribution in [2.24, 2.45) is 0 Å². The molecule has 1 heterocycles. The number of amides is 1. The minimum Gasteiger partial charge on any atom is -0.497 e. The summed E-state index contributed by atoms with van der Waals surface area (Å²) in [6.45, 7) is 0.823. The Morgan fingerprint density at radius 3 is 2.46 bits per heavy atom. The number of carbonyl (C=O) groups excluding carboxylic acids is 1. The van der Waals surface area contributed by atoms with Gasteiger partial charge in [-0.15, -0.1) is 0 Å². The van der Waals surface area contributed by atoms with Crippen LogP contribution in [0.4, 0.5) is 4.39 Å². The average molecular weight is 552 g/mol. The number of benzene rings is 3. The van der Waals surface area contributed by atoms with Crippen molar-refractivity contribution in [3.05, 3.63) is 113 Å². The third-order valence-electron chi connectivity index (χ3n) is 6.19. The SMILES string of the molecule is COCCN(Cc1cnc(S(=O)(=O)Cc2ccccc2F)n1Cc1ccccc1)C(=O)c1cccc(OC)c1. The zero-order valence-electron chi connectivity index (χ0n) is 21.8. The number of nitrogens with zero attached hydrogens (tertiary/aromatic N) is 3. The maximum absolute atomic E-state index is 14.3. The number of rotatable bonds is 12. The highest BCUT2D eigenvalue weighted by molar-refractivity contribution is 7.90. The van der Waals surface area contributed by atoms with Gasteiger partial charge in [0.1, 0.15) is 11.6 Å². The van der Waals surface area contributed by atoms with E-state index < -0.39 is 21.4 Å². The van der Waals surface area contributed by atoms with Crippen LogP contribution in [0, 0.1) is 5.82 Å². The van der Waals surface area contributed by atoms with Gasteiger partial charge < -0.3 is 18.9 Å². The van der Waals surface area contributed by atoms with Gasteiger partial charge in [0.2, 0.25) is 15.0 Å². The van der Waals surface area contributed by atoms with Crippen molar-refractivity contribution in [1.82, 2.24) is 14.5 Å². The van der Waals surface area contributed by atoms with Crippen LogP contribution in [0.1, 0.15) is 27.2 Å². The van der Waals surface area contributed by atoms with Crippen molar-refractivity contribution in [1.29, 1.82) is 0 Å². The van der Waals surface area contributed by atoms with Gasteiger partial charge in [-0.3, -0.25) is 4.79 Å². The van der Waals surface area contributed by atoms with E-state index in [4.69, 9.17) is 9.47 Å². The molecule has 0 saturated carbocycles. The summed E-state index contributed by atoms with van der Waals surface area (Å²) in [6, 6.07) is 21.9. The first-order chi connectivity index (χ1) is 18.8. The largest absolute Gasteiger partial charge is 0.497 e. The first-order valence-electron chi connectivity index (χ1n) is 12.3. The normalized spacial score (nSPS) is 11.4. The number of halogens is 1. The number of imidazole rings is 1. The summed E-state index contributed by atoms with van der Waals surface area (Å²) in [5.41, 5.74) is 1.84. The molecule has 10 heteroatoms. The number of sulfone groups is 1. The van der Waals surface area contributed by atoms with Crippen molar-refractivity contribution in [2.45, 2.75) is 24.0 Å². The van der Waals surface area contributed by atoms with E-state index in [1.165, 1.54) is 31.5 Å². The van der Waals surface area contributed by atoms with Gasteiger partial charge >= 0.3 is 0 Å². The van der Waals surface area contributed by atoms with Gasteiger partial charge in [-0.25, -0.2) is 17.8 Å². The quantitative estimate of drug-likeness (QED) is 0.260. The molecule has 0 bridgehead atoms. The van der Waals surface area contributed by atoms with Gasteiger partial charge in [0.15, 0.2) is 0 Å². The number of ether oxygens (including phenoxy) is 2. The van der Waals surface area contributed by atoms with Crippen LogP contribution in [0.3, 0.4) is 0 Å². The maximum atomic E-state index is 14.3. The predicted octanol–water partition coefficient (Wildman–Crippen LogP) is 4.34. The molecule has 0 unspecified atom stereocenters. The molecule has 0 N–H and O–H groups in total. The Hall–Kier alpha value is -4.02. The molecule has 8 nitrogen and oxygen atoms in total. The molecule has 0 aliphatic carbocycles. The van der Waals surface area contributed by atoms with Crippen molar-refractivity contribution in [2.75, 3.05) is 27.4 Å². The molecule has 0 fully saturated rings. The lowest BCUT2D eigenvalue weighted by atomic mass is 10.1. The fourth-order valence-corrected chi connectivity index (χ4v) is 5.68. The van der Waals surface area contributed by atoms with Crippen LogP contribution < -0.4 is 4.74 Å². The summed E-state index contributed by atoms with van der Waals surface area (Å²) in [5.74, 6) is -0.865. The summed E-state index contributed by atoms with van der Waals surface area (Å²) in [7, 11) is -0.964. The Labute approximate surface area is 227 Å². The molecule has 0 aliphatic heterocycles. The number of hydrogen-bond acceptors (Lipinski definition) is 6. The van der Waals surface area contributed by atoms with E-state index in [0.717, 1.165) is 5.56 Å². The van der Waals surface area contributed by atoms with E-state index in [0.29, 0.717) is 17.0 Å². The molecular weight excluding hydrogens is 521 g/mol. The average Bonchev–Trinajstić information content (AvgIpc) is 3.35. The molecule has 39 heavy (non-hydrogen) atoms. The van der Waals surface area contributed by atoms with Gasteiger partial charge in [-0.05, 0) is 29.8 Å². The second-order valence-corrected chi connectivity index (χ2v) is 10.8. The molecule has 0 saturated heterocycles. The highest BCUT2D eigenvalue weighted by Gasteiger charge is 2.27. The molecule has 0 aliphatic rings. The standard InChI is InChI=1S/C29H30FN3O5S/c1-37-16-15-32(28(34)23-12-8-13-26(17-23)38-2)20-25-18-31-29(33(25)19-22-9-4-3-5-10-22)39(35,36)21-24-11-6-7-14-27(24)30/h3-14,17-18H,15-16,19-21H2,1-2H3. The topological polar surface area (TPSA) is 90.7 Å². The van der Waals surface area contributed by atoms with Crippen LogP contribution in [0.25, 0.3) is 0 Å². The third kappa shape index (κ3) is 6.90. The molecule has 204 valence electrons. The fourth-order valence-electron chi connectivity index (χ4n) is 4.17. The van der Waals surface area contributed by atoms with Gasteiger partial charge in [-0.2, -0.15) is 0 Å². The van der Waals surface area contributed by atoms with Gasteiger partial charge in [0.25, 0.3) is 5.91 Å². The van der Waals surface area contributed by atoms with Crippen molar-refractivity contribution in [3.8, 4) is 5.75 Å². The van der Waals surface area contributed by atoms with E-state index in [2.05, 4.69) is 4.98 Å². The lowest BCUT2D eigenvalue weighted by Crippen LogP contribution is -2.34. The van der Waals surface area contributed by atoms with Crippen molar-refractivity contribution >= 4 is 15.7 Å². The van der Waals surface area contributed by atoms with Crippen LogP contribution in [0.15, 0.2) is 90.2 Å². The van der Waals surface area contributed by atoms with Crippen LogP contribution >= 0.6 is 0 Å². The Bertz CT molecular complexity index is 1520. The van der Waals surface area contributed by atoms with Crippen LogP contribution in [-0.4, -0.2) is 56.1 Å².